The van der Waals surface area contributed by atoms with Crippen LogP contribution in [0.4, 0.5) is 15.9 Å². The molecule has 1 aromatic heterocycles. The summed E-state index contributed by atoms with van der Waals surface area (Å²) in [6.07, 6.45) is 1.77. The second-order valence-electron chi connectivity index (χ2n) is 11.2. The number of amides is 1. The Kier molecular flexibility index (Phi) is 10.4. The maximum absolute atomic E-state index is 16.0. The van der Waals surface area contributed by atoms with E-state index in [2.05, 4.69) is 10.3 Å². The second-order valence-corrected chi connectivity index (χ2v) is 13.5. The lowest BCUT2D eigenvalue weighted by Crippen LogP contribution is -2.40. The summed E-state index contributed by atoms with van der Waals surface area (Å²) in [6, 6.07) is 13.5. The summed E-state index contributed by atoms with van der Waals surface area (Å²) >= 11 is 0. The average Bonchev–Trinajstić information content (AvgIpc) is 3.53. The largest absolute Gasteiger partial charge is 0.493 e. The third-order valence-corrected chi connectivity index (χ3v) is 10.3. The highest BCUT2D eigenvalue weighted by Gasteiger charge is 2.46. The van der Waals surface area contributed by atoms with E-state index in [0.717, 1.165) is 11.5 Å². The van der Waals surface area contributed by atoms with E-state index in [1.165, 1.54) is 31.1 Å². The number of nitrogens with two attached hydrogens (primary N) is 1. The first-order valence-corrected chi connectivity index (χ1v) is 17.4. The van der Waals surface area contributed by atoms with Gasteiger partial charge in [0.1, 0.15) is 17.7 Å². The fourth-order valence-electron chi connectivity index (χ4n) is 6.18. The van der Waals surface area contributed by atoms with Gasteiger partial charge in [0.15, 0.2) is 21.3 Å². The molecule has 1 aliphatic rings. The molecule has 2 heterocycles. The summed E-state index contributed by atoms with van der Waals surface area (Å²) in [4.78, 5) is 33.8. The monoisotopic (exact) mass is 678 g/mol. The molecule has 3 aromatic carbocycles. The predicted molar refractivity (Wildman–Crippen MR) is 180 cm³/mol. The van der Waals surface area contributed by atoms with E-state index in [0.29, 0.717) is 22.5 Å². The Bertz CT molecular complexity index is 1940. The molecule has 1 aliphatic heterocycles. The lowest BCUT2D eigenvalue weighted by molar-refractivity contribution is -0.149. The van der Waals surface area contributed by atoms with Crippen LogP contribution >= 0.6 is 0 Å². The molecule has 0 bridgehead atoms. The number of nitrogens with one attached hydrogen (secondary N) is 1. The van der Waals surface area contributed by atoms with E-state index in [9.17, 15) is 18.0 Å². The highest BCUT2D eigenvalue weighted by Crippen LogP contribution is 2.44. The zero-order valence-electron chi connectivity index (χ0n) is 27.2. The van der Waals surface area contributed by atoms with Gasteiger partial charge < -0.3 is 30.2 Å². The van der Waals surface area contributed by atoms with Crippen molar-refractivity contribution in [2.75, 3.05) is 43.7 Å². The van der Waals surface area contributed by atoms with Crippen molar-refractivity contribution in [3.8, 4) is 11.5 Å². The van der Waals surface area contributed by atoms with Gasteiger partial charge in [-0.1, -0.05) is 25.1 Å². The summed E-state index contributed by atoms with van der Waals surface area (Å²) in [6.45, 7) is 5.42. The number of methoxy groups -OCH3 is 1. The SMILES string of the molecule is CCOC(=O)[C@H]1CCN(C(=O)[C@@H](Nc2ccc3c(N)nccc3c2)c2cc(OCC)c(OC)cc2F)[C@H]1c1ccccc1S(=O)(=O)CC. The molecule has 1 fully saturated rings. The normalized spacial score (nSPS) is 16.8. The summed E-state index contributed by atoms with van der Waals surface area (Å²) in [5, 5.41) is 4.64. The van der Waals surface area contributed by atoms with Crippen molar-refractivity contribution >= 4 is 44.0 Å². The molecule has 1 amide bonds. The van der Waals surface area contributed by atoms with Crippen LogP contribution in [0.25, 0.3) is 10.8 Å². The number of hydrogen-bond donors (Lipinski definition) is 2. The number of rotatable bonds is 12. The van der Waals surface area contributed by atoms with Gasteiger partial charge in [-0.25, -0.2) is 17.8 Å². The third-order valence-electron chi connectivity index (χ3n) is 8.47. The molecule has 0 radical (unpaired) electrons. The van der Waals surface area contributed by atoms with Gasteiger partial charge in [-0.3, -0.25) is 9.59 Å². The van der Waals surface area contributed by atoms with Gasteiger partial charge in [-0.05, 0) is 67.6 Å². The summed E-state index contributed by atoms with van der Waals surface area (Å²) in [7, 11) is -2.37. The average molecular weight is 679 g/mol. The molecule has 0 saturated carbocycles. The Morgan fingerprint density at radius 2 is 1.83 bits per heavy atom. The number of halogens is 1. The topological polar surface area (TPSA) is 150 Å². The van der Waals surface area contributed by atoms with E-state index < -0.39 is 45.5 Å². The number of likely N-dealkylation sites (tertiary alicyclic amines) is 1. The molecule has 5 rings (SSSR count). The van der Waals surface area contributed by atoms with E-state index in [1.807, 2.05) is 0 Å². The van der Waals surface area contributed by atoms with Gasteiger partial charge in [0.25, 0.3) is 0 Å². The van der Waals surface area contributed by atoms with Gasteiger partial charge >= 0.3 is 5.97 Å². The fraction of sp³-hybridized carbons (Fsp3) is 0.343. The zero-order valence-corrected chi connectivity index (χ0v) is 28.1. The van der Waals surface area contributed by atoms with Crippen LogP contribution < -0.4 is 20.5 Å². The molecule has 0 spiro atoms. The number of carbonyl (C=O) groups is 2. The van der Waals surface area contributed by atoms with Gasteiger partial charge in [0.2, 0.25) is 5.91 Å². The number of carbonyl (C=O) groups excluding carboxylic acids is 2. The Morgan fingerprint density at radius 1 is 1.06 bits per heavy atom. The van der Waals surface area contributed by atoms with Crippen LogP contribution in [0.1, 0.15) is 50.4 Å². The Balaban J connectivity index is 1.67. The first-order chi connectivity index (χ1) is 23.0. The maximum Gasteiger partial charge on any atom is 0.311 e. The highest BCUT2D eigenvalue weighted by molar-refractivity contribution is 7.91. The second kappa shape index (κ2) is 14.5. The zero-order chi connectivity index (χ0) is 34.6. The predicted octanol–water partition coefficient (Wildman–Crippen LogP) is 5.46. The van der Waals surface area contributed by atoms with E-state index in [4.69, 9.17) is 19.9 Å². The minimum atomic E-state index is -3.76. The molecule has 0 aliphatic carbocycles. The van der Waals surface area contributed by atoms with E-state index in [-0.39, 0.29) is 53.9 Å². The number of ether oxygens (including phenoxy) is 3. The number of nitrogens with zero attached hydrogens (tertiary/aromatic N) is 2. The molecule has 11 nitrogen and oxygen atoms in total. The van der Waals surface area contributed by atoms with Gasteiger partial charge in [0.05, 0.1) is 42.9 Å². The summed E-state index contributed by atoms with van der Waals surface area (Å²) < 4.78 is 59.0. The Labute approximate surface area is 279 Å². The summed E-state index contributed by atoms with van der Waals surface area (Å²) in [5.74, 6) is -2.20. The van der Waals surface area contributed by atoms with Crippen LogP contribution in [0.5, 0.6) is 11.5 Å². The lowest BCUT2D eigenvalue weighted by Gasteiger charge is -2.33. The number of esters is 1. The first kappa shape index (κ1) is 34.4. The minimum absolute atomic E-state index is 0.0194. The molecule has 48 heavy (non-hydrogen) atoms. The number of aromatic nitrogens is 1. The lowest BCUT2D eigenvalue weighted by atomic mass is 9.93. The number of fused-ring (bicyclic) bond motifs is 1. The molecule has 1 saturated heterocycles. The number of benzene rings is 3. The standard InChI is InChI=1S/C35H39FN4O7S/c1-5-46-29-19-26(27(36)20-28(29)45-4)31(39-22-12-13-23-21(18-22)14-16-38-33(23)37)34(41)40-17-15-25(35(42)47-6-2)32(40)24-10-8-9-11-30(24)48(43,44)7-3/h8-14,16,18-20,25,31-32,39H,5-7,15,17H2,1-4H3,(H2,37,38)/t25-,31-,32-/m0/s1. The minimum Gasteiger partial charge on any atom is -0.493 e. The van der Waals surface area contributed by atoms with Crippen LogP contribution in [-0.4, -0.2) is 62.8 Å². The maximum atomic E-state index is 16.0. The molecule has 13 heteroatoms. The van der Waals surface area contributed by atoms with Crippen molar-refractivity contribution in [3.05, 3.63) is 83.8 Å². The first-order valence-electron chi connectivity index (χ1n) is 15.7. The van der Waals surface area contributed by atoms with Crippen LogP contribution in [0, 0.1) is 11.7 Å². The van der Waals surface area contributed by atoms with Crippen LogP contribution in [0.3, 0.4) is 0 Å². The number of anilines is 2. The van der Waals surface area contributed by atoms with Crippen molar-refractivity contribution < 1.29 is 36.6 Å². The quantitative estimate of drug-likeness (QED) is 0.185. The van der Waals surface area contributed by atoms with Gasteiger partial charge in [-0.2, -0.15) is 0 Å². The number of nitrogen functional groups attached to an aromatic ring is 1. The Morgan fingerprint density at radius 3 is 2.54 bits per heavy atom. The molecular formula is C35H39FN4O7S. The molecule has 254 valence electrons. The number of hydrogen-bond acceptors (Lipinski definition) is 10. The van der Waals surface area contributed by atoms with Crippen molar-refractivity contribution in [2.24, 2.45) is 5.92 Å². The third kappa shape index (κ3) is 6.73. The van der Waals surface area contributed by atoms with Gasteiger partial charge in [-0.15, -0.1) is 0 Å². The molecule has 3 atom stereocenters. The number of pyridine rings is 1. The fourth-order valence-corrected chi connectivity index (χ4v) is 7.32. The smallest absolute Gasteiger partial charge is 0.311 e. The molecular weight excluding hydrogens is 639 g/mol. The van der Waals surface area contributed by atoms with Gasteiger partial charge in [0, 0.05) is 35.4 Å². The Hall–Kier alpha value is -4.91. The van der Waals surface area contributed by atoms with Crippen LogP contribution in [0.2, 0.25) is 0 Å². The van der Waals surface area contributed by atoms with Crippen molar-refractivity contribution in [2.45, 2.75) is 44.2 Å². The highest BCUT2D eigenvalue weighted by atomic mass is 32.2. The summed E-state index contributed by atoms with van der Waals surface area (Å²) in [5.41, 5.74) is 6.79. The number of sulfone groups is 1. The molecule has 3 N–H and O–H groups in total. The molecule has 0 unspecified atom stereocenters. The van der Waals surface area contributed by atoms with E-state index in [1.54, 1.807) is 62.5 Å². The van der Waals surface area contributed by atoms with Crippen molar-refractivity contribution in [1.82, 2.24) is 9.88 Å². The van der Waals surface area contributed by atoms with Crippen LogP contribution in [-0.2, 0) is 24.2 Å². The van der Waals surface area contributed by atoms with Crippen LogP contribution in [0.15, 0.2) is 71.8 Å². The van der Waals surface area contributed by atoms with Crippen molar-refractivity contribution in [1.29, 1.82) is 0 Å². The van der Waals surface area contributed by atoms with E-state index >= 15 is 4.39 Å². The van der Waals surface area contributed by atoms with Crippen molar-refractivity contribution in [3.63, 3.8) is 0 Å². The molecule has 4 aromatic rings.